The first-order valence-corrected chi connectivity index (χ1v) is 9.63. The average molecular weight is 336 g/mol. The van der Waals surface area contributed by atoms with E-state index in [2.05, 4.69) is 10.3 Å². The number of H-pyrrole nitrogens is 1. The summed E-state index contributed by atoms with van der Waals surface area (Å²) in [5, 5.41) is 5.12. The molecule has 0 radical (unpaired) electrons. The summed E-state index contributed by atoms with van der Waals surface area (Å²) >= 11 is 4.03. The Hall–Kier alpha value is -1.14. The lowest BCUT2D eigenvalue weighted by atomic mass is 10.2. The van der Waals surface area contributed by atoms with Crippen molar-refractivity contribution in [2.45, 2.75) is 29.4 Å². The Kier molecular flexibility index (Phi) is 3.82. The van der Waals surface area contributed by atoms with Crippen molar-refractivity contribution in [2.24, 2.45) is 0 Å². The standard InChI is InChI=1S/C16H17FN2OS2/c17-10-1-2-11-9(7-10)8-13(18-11)16(20)19-12-3-4-14-15(12)22-6-5-21-14/h1-2,7-8,12,14-15,18H,3-6H2,(H,19,20)/t12-,14-,15-/m1/s1. The Labute approximate surface area is 136 Å². The van der Waals surface area contributed by atoms with E-state index in [1.165, 1.54) is 30.1 Å². The van der Waals surface area contributed by atoms with Gasteiger partial charge in [0.1, 0.15) is 11.5 Å². The highest BCUT2D eigenvalue weighted by Gasteiger charge is 2.39. The van der Waals surface area contributed by atoms with Crippen LogP contribution in [-0.4, -0.2) is 38.9 Å². The highest BCUT2D eigenvalue weighted by Crippen LogP contribution is 2.42. The number of aromatic nitrogens is 1. The van der Waals surface area contributed by atoms with Crippen LogP contribution in [0.3, 0.4) is 0 Å². The van der Waals surface area contributed by atoms with Gasteiger partial charge in [-0.05, 0) is 37.1 Å². The molecule has 22 heavy (non-hydrogen) atoms. The zero-order valence-electron chi connectivity index (χ0n) is 12.0. The van der Waals surface area contributed by atoms with E-state index in [1.54, 1.807) is 12.1 Å². The molecule has 2 heterocycles. The van der Waals surface area contributed by atoms with Crippen LogP contribution in [0.4, 0.5) is 4.39 Å². The van der Waals surface area contributed by atoms with E-state index in [0.29, 0.717) is 16.2 Å². The van der Waals surface area contributed by atoms with E-state index in [0.717, 1.165) is 17.3 Å². The first kappa shape index (κ1) is 14.5. The van der Waals surface area contributed by atoms with Gasteiger partial charge >= 0.3 is 0 Å². The SMILES string of the molecule is O=C(N[C@@H]1CC[C@H]2SCCS[C@H]12)c1cc2cc(F)ccc2[nH]1. The Bertz CT molecular complexity index is 717. The lowest BCUT2D eigenvalue weighted by Crippen LogP contribution is -2.42. The second-order valence-electron chi connectivity index (χ2n) is 5.82. The maximum absolute atomic E-state index is 13.2. The first-order chi connectivity index (χ1) is 10.7. The van der Waals surface area contributed by atoms with Gasteiger partial charge in [0, 0.05) is 39.0 Å². The second kappa shape index (κ2) is 5.81. The topological polar surface area (TPSA) is 44.9 Å². The molecule has 0 bridgehead atoms. The van der Waals surface area contributed by atoms with Crippen molar-refractivity contribution in [1.29, 1.82) is 0 Å². The second-order valence-corrected chi connectivity index (χ2v) is 8.45. The van der Waals surface area contributed by atoms with E-state index < -0.39 is 0 Å². The summed E-state index contributed by atoms with van der Waals surface area (Å²) in [6.07, 6.45) is 2.24. The molecule has 1 aromatic heterocycles. The molecule has 3 nitrogen and oxygen atoms in total. The third-order valence-electron chi connectivity index (χ3n) is 4.39. The summed E-state index contributed by atoms with van der Waals surface area (Å²) in [4.78, 5) is 15.6. The van der Waals surface area contributed by atoms with Gasteiger partial charge in [-0.2, -0.15) is 23.5 Å². The van der Waals surface area contributed by atoms with Crippen molar-refractivity contribution in [3.8, 4) is 0 Å². The molecule has 1 aliphatic heterocycles. The van der Waals surface area contributed by atoms with E-state index in [4.69, 9.17) is 0 Å². The highest BCUT2D eigenvalue weighted by atomic mass is 32.2. The molecule has 1 saturated carbocycles. The van der Waals surface area contributed by atoms with Gasteiger partial charge in [-0.15, -0.1) is 0 Å². The number of halogens is 1. The van der Waals surface area contributed by atoms with E-state index in [1.807, 2.05) is 23.5 Å². The molecule has 3 atom stereocenters. The number of aromatic amines is 1. The number of hydrogen-bond donors (Lipinski definition) is 2. The predicted octanol–water partition coefficient (Wildman–Crippen LogP) is 3.42. The van der Waals surface area contributed by atoms with Crippen LogP contribution >= 0.6 is 23.5 Å². The van der Waals surface area contributed by atoms with Crippen molar-refractivity contribution in [2.75, 3.05) is 11.5 Å². The molecule has 4 rings (SSSR count). The lowest BCUT2D eigenvalue weighted by molar-refractivity contribution is 0.0934. The molecule has 2 aromatic rings. The van der Waals surface area contributed by atoms with E-state index in [9.17, 15) is 9.18 Å². The van der Waals surface area contributed by atoms with Crippen LogP contribution in [0.2, 0.25) is 0 Å². The largest absolute Gasteiger partial charge is 0.351 e. The molecule has 6 heteroatoms. The molecular formula is C16H17FN2OS2. The summed E-state index contributed by atoms with van der Waals surface area (Å²) < 4.78 is 13.2. The Morgan fingerprint density at radius 2 is 2.09 bits per heavy atom. The Morgan fingerprint density at radius 3 is 3.00 bits per heavy atom. The van der Waals surface area contributed by atoms with Gasteiger partial charge in [0.25, 0.3) is 5.91 Å². The van der Waals surface area contributed by atoms with Crippen LogP contribution < -0.4 is 5.32 Å². The number of fused-ring (bicyclic) bond motifs is 2. The zero-order chi connectivity index (χ0) is 15.1. The van der Waals surface area contributed by atoms with Gasteiger partial charge in [0.05, 0.1) is 0 Å². The van der Waals surface area contributed by atoms with Crippen molar-refractivity contribution in [3.63, 3.8) is 0 Å². The van der Waals surface area contributed by atoms with Crippen LogP contribution in [0.1, 0.15) is 23.3 Å². The highest BCUT2D eigenvalue weighted by molar-refractivity contribution is 8.07. The van der Waals surface area contributed by atoms with Crippen molar-refractivity contribution >= 4 is 40.3 Å². The minimum absolute atomic E-state index is 0.0848. The molecule has 2 aliphatic rings. The minimum atomic E-state index is -0.285. The molecule has 0 unspecified atom stereocenters. The predicted molar refractivity (Wildman–Crippen MR) is 91.2 cm³/mol. The molecule has 1 aliphatic carbocycles. The maximum atomic E-state index is 13.2. The van der Waals surface area contributed by atoms with Crippen molar-refractivity contribution in [1.82, 2.24) is 10.3 Å². The molecule has 1 saturated heterocycles. The fourth-order valence-electron chi connectivity index (χ4n) is 3.34. The number of thioether (sulfide) groups is 2. The van der Waals surface area contributed by atoms with Gasteiger partial charge in [-0.25, -0.2) is 4.39 Å². The van der Waals surface area contributed by atoms with Gasteiger partial charge in [0.15, 0.2) is 0 Å². The van der Waals surface area contributed by atoms with Gasteiger partial charge in [0.2, 0.25) is 0 Å². The molecule has 1 aromatic carbocycles. The number of amides is 1. The normalized spacial score (nSPS) is 27.8. The number of carbonyl (C=O) groups is 1. The number of benzene rings is 1. The quantitative estimate of drug-likeness (QED) is 0.883. The molecule has 116 valence electrons. The molecular weight excluding hydrogens is 319 g/mol. The molecule has 2 N–H and O–H groups in total. The fraction of sp³-hybridized carbons (Fsp3) is 0.438. The first-order valence-electron chi connectivity index (χ1n) is 7.53. The monoisotopic (exact) mass is 336 g/mol. The van der Waals surface area contributed by atoms with Crippen LogP contribution in [0.15, 0.2) is 24.3 Å². The van der Waals surface area contributed by atoms with Crippen molar-refractivity contribution in [3.05, 3.63) is 35.8 Å². The minimum Gasteiger partial charge on any atom is -0.351 e. The van der Waals surface area contributed by atoms with Crippen molar-refractivity contribution < 1.29 is 9.18 Å². The lowest BCUT2D eigenvalue weighted by Gasteiger charge is -2.28. The van der Waals surface area contributed by atoms with Crippen LogP contribution in [0, 0.1) is 5.82 Å². The number of carbonyl (C=O) groups excluding carboxylic acids is 1. The third kappa shape index (κ3) is 2.63. The summed E-state index contributed by atoms with van der Waals surface area (Å²) in [6.45, 7) is 0. The van der Waals surface area contributed by atoms with E-state index in [-0.39, 0.29) is 17.8 Å². The van der Waals surface area contributed by atoms with Gasteiger partial charge in [-0.3, -0.25) is 4.79 Å². The number of nitrogens with one attached hydrogen (secondary N) is 2. The zero-order valence-corrected chi connectivity index (χ0v) is 13.6. The summed E-state index contributed by atoms with van der Waals surface area (Å²) in [7, 11) is 0. The van der Waals surface area contributed by atoms with Gasteiger partial charge in [-0.1, -0.05) is 0 Å². The van der Waals surface area contributed by atoms with Crippen LogP contribution in [0.5, 0.6) is 0 Å². The molecule has 2 fully saturated rings. The molecule has 0 spiro atoms. The summed E-state index contributed by atoms with van der Waals surface area (Å²) in [5.74, 6) is 2.02. The summed E-state index contributed by atoms with van der Waals surface area (Å²) in [5.41, 5.74) is 1.30. The third-order valence-corrected chi connectivity index (χ3v) is 7.70. The molecule has 1 amide bonds. The van der Waals surface area contributed by atoms with Crippen LogP contribution in [-0.2, 0) is 0 Å². The smallest absolute Gasteiger partial charge is 0.267 e. The average Bonchev–Trinajstić information content (AvgIpc) is 3.11. The Morgan fingerprint density at radius 1 is 1.23 bits per heavy atom. The maximum Gasteiger partial charge on any atom is 0.267 e. The summed E-state index contributed by atoms with van der Waals surface area (Å²) in [6, 6.07) is 6.49. The van der Waals surface area contributed by atoms with E-state index >= 15 is 0 Å². The number of rotatable bonds is 2. The fourth-order valence-corrected chi connectivity index (χ4v) is 6.63. The Balaban J connectivity index is 1.51. The van der Waals surface area contributed by atoms with Crippen LogP contribution in [0.25, 0.3) is 10.9 Å². The number of hydrogen-bond acceptors (Lipinski definition) is 3. The van der Waals surface area contributed by atoms with Gasteiger partial charge < -0.3 is 10.3 Å².